The monoisotopic (exact) mass is 304 g/mol. The van der Waals surface area contributed by atoms with Gasteiger partial charge in [-0.2, -0.15) is 0 Å². The number of nitrogens with zero attached hydrogens (tertiary/aromatic N) is 2. The van der Waals surface area contributed by atoms with Gasteiger partial charge in [0.15, 0.2) is 0 Å². The quantitative estimate of drug-likeness (QED) is 0.795. The van der Waals surface area contributed by atoms with Crippen LogP contribution >= 0.6 is 0 Å². The van der Waals surface area contributed by atoms with Gasteiger partial charge >= 0.3 is 0 Å². The molecule has 5 heteroatoms. The van der Waals surface area contributed by atoms with Crippen molar-refractivity contribution >= 4 is 0 Å². The highest BCUT2D eigenvalue weighted by molar-refractivity contribution is 5.19. The zero-order chi connectivity index (χ0) is 15.4. The van der Waals surface area contributed by atoms with E-state index in [0.29, 0.717) is 18.3 Å². The lowest BCUT2D eigenvalue weighted by Crippen LogP contribution is -2.62. The predicted octanol–water partition coefficient (Wildman–Crippen LogP) is 0.540. The van der Waals surface area contributed by atoms with Crippen molar-refractivity contribution in [3.05, 3.63) is 34.2 Å². The normalized spacial score (nSPS) is 39.0. The average molecular weight is 304 g/mol. The Kier molecular flexibility index (Phi) is 3.40. The van der Waals surface area contributed by atoms with Crippen LogP contribution in [0.1, 0.15) is 37.8 Å². The third-order valence-corrected chi connectivity index (χ3v) is 5.92. The lowest BCUT2D eigenvalue weighted by atomic mass is 9.73. The molecule has 0 spiro atoms. The van der Waals surface area contributed by atoms with Crippen molar-refractivity contribution in [3.63, 3.8) is 0 Å². The van der Waals surface area contributed by atoms with Gasteiger partial charge in [-0.3, -0.25) is 9.69 Å². The minimum absolute atomic E-state index is 0.0287. The molecule has 0 aliphatic carbocycles. The zero-order valence-electron chi connectivity index (χ0n) is 12.9. The molecule has 2 N–H and O–H groups in total. The summed E-state index contributed by atoms with van der Waals surface area (Å²) < 4.78 is 1.93. The van der Waals surface area contributed by atoms with E-state index >= 15 is 0 Å². The molecule has 4 rings (SSSR count). The minimum Gasteiger partial charge on any atom is -0.393 e. The lowest BCUT2D eigenvalue weighted by molar-refractivity contribution is -0.0898. The van der Waals surface area contributed by atoms with E-state index in [9.17, 15) is 15.0 Å². The molecule has 0 saturated carbocycles. The summed E-state index contributed by atoms with van der Waals surface area (Å²) in [5, 5.41) is 20.3. The topological polar surface area (TPSA) is 65.7 Å². The highest BCUT2D eigenvalue weighted by Gasteiger charge is 2.47. The summed E-state index contributed by atoms with van der Waals surface area (Å²) in [5.41, 5.74) is 1.22. The Hall–Kier alpha value is -1.17. The Morgan fingerprint density at radius 2 is 2.05 bits per heavy atom. The van der Waals surface area contributed by atoms with Gasteiger partial charge in [0.1, 0.15) is 0 Å². The standard InChI is InChI=1S/C17H24N2O3/c1-10(20)15-6-13(21)7-16-12-5-11(8-18(15)16)14-3-2-4-17(22)19(14)9-12/h2-4,10-13,15-16,20-21H,5-9H2,1H3/t10-,11-,12-,13+,15+,16-/m0/s1. The fourth-order valence-corrected chi connectivity index (χ4v) is 4.96. The smallest absolute Gasteiger partial charge is 0.250 e. The molecule has 2 bridgehead atoms. The second kappa shape index (κ2) is 5.18. The first-order valence-electron chi connectivity index (χ1n) is 8.36. The van der Waals surface area contributed by atoms with Crippen molar-refractivity contribution in [1.29, 1.82) is 0 Å². The molecular weight excluding hydrogens is 280 g/mol. The van der Waals surface area contributed by atoms with E-state index in [1.165, 1.54) is 0 Å². The van der Waals surface area contributed by atoms with E-state index in [2.05, 4.69) is 11.0 Å². The van der Waals surface area contributed by atoms with Crippen LogP contribution < -0.4 is 5.56 Å². The van der Waals surface area contributed by atoms with Crippen LogP contribution in [-0.4, -0.2) is 50.5 Å². The molecule has 1 aromatic rings. The van der Waals surface area contributed by atoms with Crippen molar-refractivity contribution in [2.45, 2.75) is 62.9 Å². The van der Waals surface area contributed by atoms with Gasteiger partial charge in [0.05, 0.1) is 12.2 Å². The van der Waals surface area contributed by atoms with Crippen molar-refractivity contribution < 1.29 is 10.2 Å². The largest absolute Gasteiger partial charge is 0.393 e. The Morgan fingerprint density at radius 3 is 2.82 bits per heavy atom. The summed E-state index contributed by atoms with van der Waals surface area (Å²) in [5.74, 6) is 0.753. The zero-order valence-corrected chi connectivity index (χ0v) is 12.9. The first kappa shape index (κ1) is 14.4. The molecule has 120 valence electrons. The Morgan fingerprint density at radius 1 is 1.23 bits per heavy atom. The van der Waals surface area contributed by atoms with Gasteiger partial charge in [-0.1, -0.05) is 6.07 Å². The Bertz CT molecular complexity index is 627. The van der Waals surface area contributed by atoms with Crippen LogP contribution in [0.4, 0.5) is 0 Å². The van der Waals surface area contributed by atoms with E-state index in [1.807, 2.05) is 17.6 Å². The molecule has 5 nitrogen and oxygen atoms in total. The van der Waals surface area contributed by atoms with Gasteiger partial charge in [-0.25, -0.2) is 0 Å². The summed E-state index contributed by atoms with van der Waals surface area (Å²) in [4.78, 5) is 14.6. The van der Waals surface area contributed by atoms with Gasteiger partial charge < -0.3 is 14.8 Å². The second-order valence-corrected chi connectivity index (χ2v) is 7.29. The van der Waals surface area contributed by atoms with Crippen molar-refractivity contribution in [2.24, 2.45) is 5.92 Å². The third kappa shape index (κ3) is 2.14. The highest BCUT2D eigenvalue weighted by Crippen LogP contribution is 2.43. The Balaban J connectivity index is 1.72. The number of hydrogen-bond acceptors (Lipinski definition) is 4. The molecular formula is C17H24N2O3. The molecule has 2 fully saturated rings. The maximum Gasteiger partial charge on any atom is 0.250 e. The van der Waals surface area contributed by atoms with E-state index in [0.717, 1.165) is 31.6 Å². The number of aliphatic hydroxyl groups is 2. The van der Waals surface area contributed by atoms with Crippen LogP contribution in [-0.2, 0) is 6.54 Å². The van der Waals surface area contributed by atoms with Gasteiger partial charge in [-0.05, 0) is 38.2 Å². The third-order valence-electron chi connectivity index (χ3n) is 5.92. The van der Waals surface area contributed by atoms with Crippen LogP contribution in [0.15, 0.2) is 23.0 Å². The molecule has 2 saturated heterocycles. The first-order chi connectivity index (χ1) is 10.5. The van der Waals surface area contributed by atoms with Crippen LogP contribution in [0.5, 0.6) is 0 Å². The lowest BCUT2D eigenvalue weighted by Gasteiger charge is -2.55. The number of aliphatic hydroxyl groups excluding tert-OH is 2. The van der Waals surface area contributed by atoms with E-state index in [-0.39, 0.29) is 23.7 Å². The summed E-state index contributed by atoms with van der Waals surface area (Å²) in [7, 11) is 0. The number of piperidine rings is 2. The van der Waals surface area contributed by atoms with Crippen molar-refractivity contribution in [3.8, 4) is 0 Å². The predicted molar refractivity (Wildman–Crippen MR) is 82.8 cm³/mol. The first-order valence-corrected chi connectivity index (χ1v) is 8.36. The van der Waals surface area contributed by atoms with Crippen LogP contribution in [0, 0.1) is 5.92 Å². The average Bonchev–Trinajstić information content (AvgIpc) is 2.48. The molecule has 0 unspecified atom stereocenters. The van der Waals surface area contributed by atoms with E-state index < -0.39 is 6.10 Å². The Labute approximate surface area is 130 Å². The summed E-state index contributed by atoms with van der Waals surface area (Å²) in [6.45, 7) is 3.45. The number of fused-ring (bicyclic) bond motifs is 6. The van der Waals surface area contributed by atoms with Crippen LogP contribution in [0.25, 0.3) is 0 Å². The molecule has 0 aromatic carbocycles. The molecule has 6 atom stereocenters. The van der Waals surface area contributed by atoms with Gasteiger partial charge in [0.25, 0.3) is 5.56 Å². The maximum absolute atomic E-state index is 12.2. The molecule has 0 radical (unpaired) electrons. The highest BCUT2D eigenvalue weighted by atomic mass is 16.3. The van der Waals surface area contributed by atoms with Crippen molar-refractivity contribution in [2.75, 3.05) is 6.54 Å². The summed E-state index contributed by atoms with van der Waals surface area (Å²) in [6.07, 6.45) is 1.72. The fourth-order valence-electron chi connectivity index (χ4n) is 4.96. The minimum atomic E-state index is -0.436. The molecule has 3 aliphatic rings. The fraction of sp³-hybridized carbons (Fsp3) is 0.706. The maximum atomic E-state index is 12.2. The summed E-state index contributed by atoms with van der Waals surface area (Å²) in [6, 6.07) is 5.86. The SMILES string of the molecule is C[C@H](O)[C@H]1C[C@@H](O)C[C@H]2[C@H]3C[C@@H](CN12)c1cccc(=O)n1C3. The van der Waals surface area contributed by atoms with Gasteiger partial charge in [-0.15, -0.1) is 0 Å². The number of pyridine rings is 1. The summed E-state index contributed by atoms with van der Waals surface area (Å²) >= 11 is 0. The second-order valence-electron chi connectivity index (χ2n) is 7.29. The van der Waals surface area contributed by atoms with Gasteiger partial charge in [0.2, 0.25) is 0 Å². The molecule has 3 aliphatic heterocycles. The van der Waals surface area contributed by atoms with E-state index in [1.54, 1.807) is 6.07 Å². The number of aromatic nitrogens is 1. The van der Waals surface area contributed by atoms with Crippen LogP contribution in [0.3, 0.4) is 0 Å². The number of hydrogen-bond donors (Lipinski definition) is 2. The molecule has 4 heterocycles. The van der Waals surface area contributed by atoms with Crippen LogP contribution in [0.2, 0.25) is 0 Å². The van der Waals surface area contributed by atoms with E-state index in [4.69, 9.17) is 0 Å². The molecule has 0 amide bonds. The van der Waals surface area contributed by atoms with Gasteiger partial charge in [0, 0.05) is 42.9 Å². The van der Waals surface area contributed by atoms with Crippen molar-refractivity contribution in [1.82, 2.24) is 9.47 Å². The molecule has 22 heavy (non-hydrogen) atoms. The number of rotatable bonds is 1. The molecule has 1 aromatic heterocycles.